The third-order valence-corrected chi connectivity index (χ3v) is 20.0. The van der Waals surface area contributed by atoms with Crippen LogP contribution in [0.4, 0.5) is 43.3 Å². The zero-order valence-electron chi connectivity index (χ0n) is 42.9. The summed E-state index contributed by atoms with van der Waals surface area (Å²) < 4.78 is 52.5. The number of pyridine rings is 1. The minimum atomic E-state index is -2.67. The average Bonchev–Trinajstić information content (AvgIpc) is 3.97. The predicted molar refractivity (Wildman–Crippen MR) is 290 cm³/mol. The highest BCUT2D eigenvalue weighted by atomic mass is 79.9. The molecule has 5 saturated heterocycles. The number of nitrogens with one attached hydrogen (secondary N) is 3. The summed E-state index contributed by atoms with van der Waals surface area (Å²) in [6.07, 6.45) is 7.81. The number of aromatic nitrogens is 3. The summed E-state index contributed by atoms with van der Waals surface area (Å²) >= 11 is 3.67. The number of piperazine rings is 1. The van der Waals surface area contributed by atoms with Gasteiger partial charge in [0.2, 0.25) is 23.7 Å². The van der Waals surface area contributed by atoms with Crippen LogP contribution >= 0.6 is 23.1 Å². The van der Waals surface area contributed by atoms with E-state index in [1.165, 1.54) is 12.1 Å². The van der Waals surface area contributed by atoms with E-state index >= 15 is 8.78 Å². The Morgan fingerprint density at radius 1 is 0.905 bits per heavy atom. The number of benzene rings is 3. The summed E-state index contributed by atoms with van der Waals surface area (Å²) in [4.78, 5) is 61.5. The minimum Gasteiger partial charge on any atom is -0.492 e. The summed E-state index contributed by atoms with van der Waals surface area (Å²) in [6, 6.07) is 15.2. The van der Waals surface area contributed by atoms with Crippen LogP contribution in [-0.2, 0) is 25.4 Å². The van der Waals surface area contributed by atoms with Crippen LogP contribution in [0.5, 0.6) is 5.75 Å². The Hall–Kier alpha value is -5.71. The normalized spacial score (nSPS) is 21.3. The van der Waals surface area contributed by atoms with E-state index in [1.54, 1.807) is 6.20 Å². The molecule has 3 aromatic carbocycles. The Bertz CT molecular complexity index is 3020. The van der Waals surface area contributed by atoms with Crippen molar-refractivity contribution in [2.75, 3.05) is 91.7 Å². The fourth-order valence-corrected chi connectivity index (χ4v) is 15.6. The molecule has 5 aromatic rings. The van der Waals surface area contributed by atoms with Crippen molar-refractivity contribution in [1.29, 1.82) is 0 Å². The van der Waals surface area contributed by atoms with Gasteiger partial charge in [-0.15, -0.1) is 0 Å². The van der Waals surface area contributed by atoms with Crippen molar-refractivity contribution in [3.05, 3.63) is 87.7 Å². The first kappa shape index (κ1) is 51.8. The number of piperidine rings is 2. The van der Waals surface area contributed by atoms with Crippen molar-refractivity contribution in [1.82, 2.24) is 30.1 Å². The molecule has 392 valence electrons. The van der Waals surface area contributed by atoms with Gasteiger partial charge in [0.1, 0.15) is 30.3 Å². The maximum atomic E-state index is 15.5. The first-order valence-electron chi connectivity index (χ1n) is 26.2. The average molecular weight is 1100 g/mol. The van der Waals surface area contributed by atoms with Crippen LogP contribution in [0.1, 0.15) is 89.0 Å². The van der Waals surface area contributed by atoms with Crippen LogP contribution < -0.4 is 35.8 Å². The molecule has 7 heterocycles. The molecule has 3 N–H and O–H groups in total. The SMILES string of the molecule is CCOc1cc(N2CCC(N3CCN(C(=O)[C@H]4CN(c5cc(F)c(C6CCC(=O)NC6=O)c(F)c5)CC4(C)C)CC3)CC2)c(C)cc1Nc1ncc(Br)c(Nc2ccc3nc(CC)ccc3c2P2(=O)CCCC2)n1. The van der Waals surface area contributed by atoms with E-state index in [9.17, 15) is 18.9 Å². The van der Waals surface area contributed by atoms with E-state index in [-0.39, 0.29) is 30.2 Å². The molecule has 0 spiro atoms. The highest BCUT2D eigenvalue weighted by Gasteiger charge is 2.46. The predicted octanol–water partition coefficient (Wildman–Crippen LogP) is 9.40. The lowest BCUT2D eigenvalue weighted by atomic mass is 9.81. The van der Waals surface area contributed by atoms with Crippen LogP contribution in [0.25, 0.3) is 10.9 Å². The monoisotopic (exact) mass is 1090 g/mol. The van der Waals surface area contributed by atoms with Gasteiger partial charge < -0.3 is 34.6 Å². The number of imide groups is 1. The molecule has 3 amide bonds. The van der Waals surface area contributed by atoms with Crippen LogP contribution in [0.2, 0.25) is 0 Å². The lowest BCUT2D eigenvalue weighted by Crippen LogP contribution is -2.56. The molecule has 0 aliphatic carbocycles. The number of fused-ring (bicyclic) bond motifs is 1. The standard InChI is InChI=1S/C55H66BrF2N10O5P/c1-6-34-10-11-37-43(60-34)13-14-44(50(37)74(72)24-8-9-25-74)61-51-40(56)30-59-54(64-51)62-45-26-33(3)46(29-47(45)73-7-2)66-18-16-35(17-19-66)65-20-22-67(23-21-65)53(71)39-31-68(32-55(39,4)5)36-27-41(57)49(42(58)28-36)38-12-15-48(69)63-52(38)70/h10-11,13-14,26-30,35,38-39H,6-9,12,15-25,31-32H2,1-5H3,(H,63,69,70)(H2,59,61,62,64)/t38?,39-/m1/s1. The second kappa shape index (κ2) is 21.1. The van der Waals surface area contributed by atoms with E-state index in [0.29, 0.717) is 78.8 Å². The third kappa shape index (κ3) is 10.3. The van der Waals surface area contributed by atoms with Gasteiger partial charge in [-0.2, -0.15) is 4.98 Å². The fraction of sp³-hybridized carbons (Fsp3) is 0.491. The highest BCUT2D eigenvalue weighted by Crippen LogP contribution is 2.54. The molecule has 19 heteroatoms. The van der Waals surface area contributed by atoms with Gasteiger partial charge in [-0.05, 0) is 116 Å². The number of hydrogen-bond donors (Lipinski definition) is 3. The zero-order chi connectivity index (χ0) is 52.1. The number of carbonyl (C=O) groups excluding carboxylic acids is 3. The first-order chi connectivity index (χ1) is 35.5. The maximum Gasteiger partial charge on any atom is 0.234 e. The van der Waals surface area contributed by atoms with Crippen molar-refractivity contribution in [2.24, 2.45) is 11.3 Å². The quantitative estimate of drug-likeness (QED) is 0.0755. The Morgan fingerprint density at radius 3 is 2.32 bits per heavy atom. The molecule has 2 atom stereocenters. The number of anilines is 6. The Kier molecular flexibility index (Phi) is 14.8. The topological polar surface area (TPSA) is 165 Å². The van der Waals surface area contributed by atoms with Crippen LogP contribution in [0.15, 0.2) is 59.2 Å². The third-order valence-electron chi connectivity index (χ3n) is 16.0. The van der Waals surface area contributed by atoms with E-state index in [2.05, 4.69) is 78.7 Å². The van der Waals surface area contributed by atoms with Crippen molar-refractivity contribution < 1.29 is 32.5 Å². The molecular formula is C55H66BrF2N10O5P. The smallest absolute Gasteiger partial charge is 0.234 e. The number of hydrogen-bond acceptors (Lipinski definition) is 13. The second-order valence-electron chi connectivity index (χ2n) is 21.3. The summed E-state index contributed by atoms with van der Waals surface area (Å²) in [5, 5.41) is 10.9. The number of carbonyl (C=O) groups is 3. The van der Waals surface area contributed by atoms with E-state index in [1.807, 2.05) is 48.8 Å². The van der Waals surface area contributed by atoms with Gasteiger partial charge in [0, 0.05) is 123 Å². The first-order valence-corrected chi connectivity index (χ1v) is 29.1. The molecular weight excluding hydrogens is 1030 g/mol. The number of ether oxygens (including phenoxy) is 1. The molecule has 15 nitrogen and oxygen atoms in total. The molecule has 10 rings (SSSR count). The summed E-state index contributed by atoms with van der Waals surface area (Å²) in [7, 11) is -2.67. The van der Waals surface area contributed by atoms with Crippen LogP contribution in [0.3, 0.4) is 0 Å². The lowest BCUT2D eigenvalue weighted by molar-refractivity contribution is -0.140. The Labute approximate surface area is 440 Å². The highest BCUT2D eigenvalue weighted by molar-refractivity contribution is 9.10. The Morgan fingerprint density at radius 2 is 1.64 bits per heavy atom. The van der Waals surface area contributed by atoms with Gasteiger partial charge in [-0.1, -0.05) is 26.8 Å². The summed E-state index contributed by atoms with van der Waals surface area (Å²) in [5.41, 5.74) is 5.14. The van der Waals surface area contributed by atoms with E-state index in [0.717, 1.165) is 103 Å². The number of halogens is 3. The van der Waals surface area contributed by atoms with Crippen molar-refractivity contribution in [2.45, 2.75) is 91.5 Å². The molecule has 0 saturated carbocycles. The number of amides is 3. The van der Waals surface area contributed by atoms with Gasteiger partial charge in [0.05, 0.1) is 39.8 Å². The molecule has 0 radical (unpaired) electrons. The lowest BCUT2D eigenvalue weighted by Gasteiger charge is -2.44. The largest absolute Gasteiger partial charge is 0.492 e. The molecule has 5 aliphatic rings. The number of rotatable bonds is 13. The molecule has 5 aliphatic heterocycles. The number of aryl methyl sites for hydroxylation is 2. The maximum absolute atomic E-state index is 15.5. The van der Waals surface area contributed by atoms with Crippen LogP contribution in [-0.4, -0.2) is 120 Å². The zero-order valence-corrected chi connectivity index (χ0v) is 45.4. The second-order valence-corrected chi connectivity index (χ2v) is 25.2. The molecule has 5 fully saturated rings. The fourth-order valence-electron chi connectivity index (χ4n) is 12.0. The van der Waals surface area contributed by atoms with E-state index in [4.69, 9.17) is 14.7 Å². The number of nitrogens with zero attached hydrogens (tertiary/aromatic N) is 7. The molecule has 74 heavy (non-hydrogen) atoms. The van der Waals surface area contributed by atoms with Crippen molar-refractivity contribution >= 4 is 91.5 Å². The Balaban J connectivity index is 0.760. The van der Waals surface area contributed by atoms with Gasteiger partial charge in [0.15, 0.2) is 0 Å². The van der Waals surface area contributed by atoms with Crippen LogP contribution in [0, 0.1) is 29.9 Å². The molecule has 1 unspecified atom stereocenters. The van der Waals surface area contributed by atoms with E-state index < -0.39 is 41.9 Å². The van der Waals surface area contributed by atoms with Gasteiger partial charge in [-0.3, -0.25) is 29.6 Å². The molecule has 2 aromatic heterocycles. The summed E-state index contributed by atoms with van der Waals surface area (Å²) in [5.74, 6) is -2.53. The van der Waals surface area contributed by atoms with Gasteiger partial charge in [-0.25, -0.2) is 13.8 Å². The van der Waals surface area contributed by atoms with Gasteiger partial charge >= 0.3 is 0 Å². The van der Waals surface area contributed by atoms with Crippen molar-refractivity contribution in [3.63, 3.8) is 0 Å². The minimum absolute atomic E-state index is 0.0214. The van der Waals surface area contributed by atoms with Gasteiger partial charge in [0.25, 0.3) is 0 Å². The summed E-state index contributed by atoms with van der Waals surface area (Å²) in [6.45, 7) is 16.0. The van der Waals surface area contributed by atoms with Crippen molar-refractivity contribution in [3.8, 4) is 5.75 Å². The molecule has 0 bridgehead atoms.